The molecular formula is C14H30. The molecule has 0 saturated carbocycles. The van der Waals surface area contributed by atoms with Gasteiger partial charge in [-0.1, -0.05) is 54.9 Å². The zero-order valence-corrected chi connectivity index (χ0v) is 11.3. The average Bonchev–Trinajstić information content (AvgIpc) is 2.14. The van der Waals surface area contributed by atoms with E-state index < -0.39 is 0 Å². The van der Waals surface area contributed by atoms with Crippen molar-refractivity contribution < 1.29 is 0 Å². The molecule has 0 aromatic carbocycles. The van der Waals surface area contributed by atoms with Crippen molar-refractivity contribution in [2.24, 2.45) is 29.6 Å². The molecular weight excluding hydrogens is 168 g/mol. The fourth-order valence-electron chi connectivity index (χ4n) is 2.14. The highest BCUT2D eigenvalue weighted by Gasteiger charge is 2.22. The highest BCUT2D eigenvalue weighted by Crippen LogP contribution is 2.30. The Morgan fingerprint density at radius 3 is 1.64 bits per heavy atom. The van der Waals surface area contributed by atoms with E-state index in [0.29, 0.717) is 0 Å². The predicted octanol–water partition coefficient (Wildman–Crippen LogP) is 4.99. The van der Waals surface area contributed by atoms with E-state index in [2.05, 4.69) is 48.5 Å². The van der Waals surface area contributed by atoms with E-state index in [4.69, 9.17) is 0 Å². The van der Waals surface area contributed by atoms with Gasteiger partial charge in [-0.05, 0) is 36.0 Å². The summed E-state index contributed by atoms with van der Waals surface area (Å²) in [6.45, 7) is 16.6. The third-order valence-corrected chi connectivity index (χ3v) is 4.25. The Bertz CT molecular complexity index is 137. The van der Waals surface area contributed by atoms with E-state index in [1.54, 1.807) is 0 Å². The molecule has 0 aliphatic heterocycles. The lowest BCUT2D eigenvalue weighted by Crippen LogP contribution is -2.22. The van der Waals surface area contributed by atoms with Crippen LogP contribution in [0.15, 0.2) is 0 Å². The normalized spacial score (nSPS) is 20.6. The molecule has 0 spiro atoms. The summed E-state index contributed by atoms with van der Waals surface area (Å²) in [6, 6.07) is 0. The summed E-state index contributed by atoms with van der Waals surface area (Å²) in [5, 5.41) is 0. The summed E-state index contributed by atoms with van der Waals surface area (Å²) in [4.78, 5) is 0. The number of hydrogen-bond acceptors (Lipinski definition) is 0. The van der Waals surface area contributed by atoms with Crippen molar-refractivity contribution in [3.05, 3.63) is 0 Å². The van der Waals surface area contributed by atoms with Crippen LogP contribution in [0.25, 0.3) is 0 Å². The lowest BCUT2D eigenvalue weighted by Gasteiger charge is -2.30. The molecule has 0 amide bonds. The molecule has 86 valence electrons. The first kappa shape index (κ1) is 14.0. The van der Waals surface area contributed by atoms with Crippen molar-refractivity contribution in [3.8, 4) is 0 Å². The molecule has 0 aromatic rings. The van der Waals surface area contributed by atoms with E-state index in [1.165, 1.54) is 12.8 Å². The molecule has 0 aliphatic rings. The molecule has 0 nitrogen and oxygen atoms in total. The van der Waals surface area contributed by atoms with Gasteiger partial charge in [-0.2, -0.15) is 0 Å². The van der Waals surface area contributed by atoms with E-state index in [0.717, 1.165) is 29.6 Å². The smallest absolute Gasteiger partial charge is 0.0389 e. The number of hydrogen-bond donors (Lipinski definition) is 0. The van der Waals surface area contributed by atoms with Crippen LogP contribution in [-0.2, 0) is 0 Å². The predicted molar refractivity (Wildman–Crippen MR) is 66.4 cm³/mol. The Balaban J connectivity index is 4.04. The lowest BCUT2D eigenvalue weighted by molar-refractivity contribution is 0.197. The van der Waals surface area contributed by atoms with Crippen molar-refractivity contribution in [3.63, 3.8) is 0 Å². The molecule has 0 heterocycles. The minimum absolute atomic E-state index is 0.824. The van der Waals surface area contributed by atoms with Crippen molar-refractivity contribution in [2.45, 2.75) is 61.3 Å². The van der Waals surface area contributed by atoms with Gasteiger partial charge in [0.1, 0.15) is 0 Å². The van der Waals surface area contributed by atoms with Crippen LogP contribution in [0.3, 0.4) is 0 Å². The van der Waals surface area contributed by atoms with Crippen molar-refractivity contribution in [1.82, 2.24) is 0 Å². The third kappa shape index (κ3) is 4.48. The molecule has 0 saturated heterocycles. The molecule has 0 heteroatoms. The second-order valence-electron chi connectivity index (χ2n) is 5.69. The zero-order chi connectivity index (χ0) is 11.3. The molecule has 0 fully saturated rings. The van der Waals surface area contributed by atoms with Crippen LogP contribution in [0.1, 0.15) is 61.3 Å². The molecule has 0 N–H and O–H groups in total. The van der Waals surface area contributed by atoms with Gasteiger partial charge in [-0.3, -0.25) is 0 Å². The fourth-order valence-corrected chi connectivity index (χ4v) is 2.14. The summed E-state index contributed by atoms with van der Waals surface area (Å²) in [7, 11) is 0. The molecule has 4 unspecified atom stereocenters. The second kappa shape index (κ2) is 6.48. The van der Waals surface area contributed by atoms with Crippen molar-refractivity contribution in [1.29, 1.82) is 0 Å². The maximum Gasteiger partial charge on any atom is -0.0389 e. The highest BCUT2D eigenvalue weighted by atomic mass is 14.3. The van der Waals surface area contributed by atoms with E-state index in [-0.39, 0.29) is 0 Å². The van der Waals surface area contributed by atoms with Crippen LogP contribution in [-0.4, -0.2) is 0 Å². The summed E-state index contributed by atoms with van der Waals surface area (Å²) in [6.07, 6.45) is 2.72. The van der Waals surface area contributed by atoms with Crippen molar-refractivity contribution >= 4 is 0 Å². The Hall–Kier alpha value is 0. The number of rotatable bonds is 6. The van der Waals surface area contributed by atoms with Crippen LogP contribution in [0, 0.1) is 29.6 Å². The maximum atomic E-state index is 2.43. The summed E-state index contributed by atoms with van der Waals surface area (Å²) in [5.74, 6) is 4.32. The van der Waals surface area contributed by atoms with Gasteiger partial charge in [-0.25, -0.2) is 0 Å². The SMILES string of the molecule is CCC(C)CC(C)C(C)C(C)C(C)C. The van der Waals surface area contributed by atoms with Gasteiger partial charge in [0, 0.05) is 0 Å². The molecule has 0 bridgehead atoms. The third-order valence-electron chi connectivity index (χ3n) is 4.25. The van der Waals surface area contributed by atoms with Gasteiger partial charge in [0.25, 0.3) is 0 Å². The first-order valence-corrected chi connectivity index (χ1v) is 6.40. The topological polar surface area (TPSA) is 0 Å². The molecule has 0 aliphatic carbocycles. The molecule has 0 aromatic heterocycles. The Kier molecular flexibility index (Phi) is 6.48. The van der Waals surface area contributed by atoms with Crippen LogP contribution in [0.4, 0.5) is 0 Å². The Morgan fingerprint density at radius 1 is 0.786 bits per heavy atom. The maximum absolute atomic E-state index is 2.43. The monoisotopic (exact) mass is 198 g/mol. The van der Waals surface area contributed by atoms with E-state index in [1.807, 2.05) is 0 Å². The molecule has 0 radical (unpaired) electrons. The Morgan fingerprint density at radius 2 is 1.29 bits per heavy atom. The van der Waals surface area contributed by atoms with E-state index in [9.17, 15) is 0 Å². The first-order chi connectivity index (χ1) is 6.40. The lowest BCUT2D eigenvalue weighted by atomic mass is 9.76. The highest BCUT2D eigenvalue weighted by molar-refractivity contribution is 4.72. The summed E-state index contributed by atoms with van der Waals surface area (Å²) < 4.78 is 0. The molecule has 0 rings (SSSR count). The molecule has 4 atom stereocenters. The fraction of sp³-hybridized carbons (Fsp3) is 1.00. The van der Waals surface area contributed by atoms with Crippen molar-refractivity contribution in [2.75, 3.05) is 0 Å². The van der Waals surface area contributed by atoms with Gasteiger partial charge in [0.05, 0.1) is 0 Å². The van der Waals surface area contributed by atoms with Gasteiger partial charge in [0.15, 0.2) is 0 Å². The van der Waals surface area contributed by atoms with Gasteiger partial charge in [0.2, 0.25) is 0 Å². The van der Waals surface area contributed by atoms with Crippen LogP contribution >= 0.6 is 0 Å². The van der Waals surface area contributed by atoms with Crippen LogP contribution < -0.4 is 0 Å². The Labute approximate surface area is 91.5 Å². The van der Waals surface area contributed by atoms with Crippen LogP contribution in [0.2, 0.25) is 0 Å². The van der Waals surface area contributed by atoms with Gasteiger partial charge in [-0.15, -0.1) is 0 Å². The van der Waals surface area contributed by atoms with Gasteiger partial charge < -0.3 is 0 Å². The largest absolute Gasteiger partial charge is 0.0651 e. The van der Waals surface area contributed by atoms with Gasteiger partial charge >= 0.3 is 0 Å². The minimum Gasteiger partial charge on any atom is -0.0651 e. The average molecular weight is 198 g/mol. The zero-order valence-electron chi connectivity index (χ0n) is 11.3. The quantitative estimate of drug-likeness (QED) is 0.564. The minimum atomic E-state index is 0.824. The van der Waals surface area contributed by atoms with E-state index >= 15 is 0 Å². The first-order valence-electron chi connectivity index (χ1n) is 6.40. The summed E-state index contributed by atoms with van der Waals surface area (Å²) in [5.41, 5.74) is 0. The standard InChI is InChI=1S/C14H30/c1-8-11(4)9-12(5)14(7)13(6)10(2)3/h10-14H,8-9H2,1-7H3. The summed E-state index contributed by atoms with van der Waals surface area (Å²) >= 11 is 0. The van der Waals surface area contributed by atoms with Crippen LogP contribution in [0.5, 0.6) is 0 Å². The molecule has 14 heavy (non-hydrogen) atoms. The second-order valence-corrected chi connectivity index (χ2v) is 5.69.